The number of ether oxygens (including phenoxy) is 1. The average molecular weight is 296 g/mol. The smallest absolute Gasteiger partial charge is 0.305 e. The van der Waals surface area contributed by atoms with Crippen LogP contribution in [0.4, 0.5) is 11.4 Å². The summed E-state index contributed by atoms with van der Waals surface area (Å²) in [6.07, 6.45) is 1.34. The minimum absolute atomic E-state index is 0.0512. The van der Waals surface area contributed by atoms with Gasteiger partial charge < -0.3 is 15.2 Å². The van der Waals surface area contributed by atoms with Crippen LogP contribution in [-0.4, -0.2) is 28.6 Å². The zero-order valence-electron chi connectivity index (χ0n) is 12.2. The predicted octanol–water partition coefficient (Wildman–Crippen LogP) is 3.05. The quantitative estimate of drug-likeness (QED) is 0.536. The number of nitro benzene ring substituents is 1. The molecule has 1 atom stereocenters. The Morgan fingerprint density at radius 3 is 2.67 bits per heavy atom. The van der Waals surface area contributed by atoms with Crippen molar-refractivity contribution < 1.29 is 19.6 Å². The number of aliphatic carboxylic acids is 1. The van der Waals surface area contributed by atoms with Gasteiger partial charge >= 0.3 is 5.97 Å². The fourth-order valence-corrected chi connectivity index (χ4v) is 1.82. The normalized spacial score (nSPS) is 11.7. The van der Waals surface area contributed by atoms with Crippen LogP contribution in [-0.2, 0) is 4.79 Å². The van der Waals surface area contributed by atoms with Gasteiger partial charge in [0.2, 0.25) is 0 Å². The minimum atomic E-state index is -0.915. The number of carbonyl (C=O) groups is 1. The second-order valence-corrected chi connectivity index (χ2v) is 4.67. The molecule has 0 amide bonds. The molecule has 116 valence electrons. The molecule has 0 radical (unpaired) electrons. The topological polar surface area (TPSA) is 102 Å². The lowest BCUT2D eigenvalue weighted by atomic mass is 10.1. The fourth-order valence-electron chi connectivity index (χ4n) is 1.82. The molecule has 0 aliphatic rings. The number of carboxylic acids is 1. The van der Waals surface area contributed by atoms with E-state index in [2.05, 4.69) is 5.32 Å². The van der Waals surface area contributed by atoms with E-state index in [1.54, 1.807) is 6.07 Å². The summed E-state index contributed by atoms with van der Waals surface area (Å²) < 4.78 is 5.42. The summed E-state index contributed by atoms with van der Waals surface area (Å²) in [6.45, 7) is 4.26. The summed E-state index contributed by atoms with van der Waals surface area (Å²) in [5.74, 6) is -0.513. The maximum absolute atomic E-state index is 10.9. The third-order valence-electron chi connectivity index (χ3n) is 2.86. The van der Waals surface area contributed by atoms with E-state index in [0.29, 0.717) is 24.5 Å². The number of nitro groups is 1. The zero-order valence-corrected chi connectivity index (χ0v) is 12.2. The van der Waals surface area contributed by atoms with Gasteiger partial charge in [-0.15, -0.1) is 0 Å². The van der Waals surface area contributed by atoms with Gasteiger partial charge in [0.15, 0.2) is 0 Å². The fraction of sp³-hybridized carbons (Fsp3) is 0.500. The van der Waals surface area contributed by atoms with Crippen LogP contribution in [0, 0.1) is 10.1 Å². The number of anilines is 1. The van der Waals surface area contributed by atoms with Gasteiger partial charge in [-0.2, -0.15) is 0 Å². The van der Waals surface area contributed by atoms with Gasteiger partial charge in [-0.25, -0.2) is 0 Å². The number of nitrogens with one attached hydrogen (secondary N) is 1. The van der Waals surface area contributed by atoms with E-state index in [0.717, 1.165) is 6.42 Å². The van der Waals surface area contributed by atoms with E-state index in [9.17, 15) is 14.9 Å². The van der Waals surface area contributed by atoms with Crippen LogP contribution in [0.15, 0.2) is 18.2 Å². The average Bonchev–Trinajstić information content (AvgIpc) is 2.43. The van der Waals surface area contributed by atoms with E-state index in [1.165, 1.54) is 12.1 Å². The molecule has 0 spiro atoms. The molecule has 1 aromatic carbocycles. The molecular formula is C14H20N2O5. The molecule has 0 aliphatic carbocycles. The van der Waals surface area contributed by atoms with Crippen LogP contribution in [0.3, 0.4) is 0 Å². The number of hydrogen-bond donors (Lipinski definition) is 2. The highest BCUT2D eigenvalue weighted by Crippen LogP contribution is 2.27. The highest BCUT2D eigenvalue weighted by atomic mass is 16.6. The van der Waals surface area contributed by atoms with Gasteiger partial charge in [0.05, 0.1) is 24.0 Å². The summed E-state index contributed by atoms with van der Waals surface area (Å²) >= 11 is 0. The molecule has 0 aromatic heterocycles. The number of benzene rings is 1. The maximum Gasteiger partial charge on any atom is 0.305 e. The number of hydrogen-bond acceptors (Lipinski definition) is 5. The number of rotatable bonds is 9. The summed E-state index contributed by atoms with van der Waals surface area (Å²) in [5, 5.41) is 22.8. The van der Waals surface area contributed by atoms with Crippen molar-refractivity contribution in [2.75, 3.05) is 11.9 Å². The van der Waals surface area contributed by atoms with Gasteiger partial charge in [0.25, 0.3) is 5.69 Å². The Morgan fingerprint density at radius 1 is 1.43 bits per heavy atom. The van der Waals surface area contributed by atoms with Gasteiger partial charge in [-0.1, -0.05) is 13.8 Å². The summed E-state index contributed by atoms with van der Waals surface area (Å²) in [4.78, 5) is 21.2. The molecule has 2 N–H and O–H groups in total. The van der Waals surface area contributed by atoms with Crippen molar-refractivity contribution in [2.45, 2.75) is 39.2 Å². The van der Waals surface area contributed by atoms with E-state index < -0.39 is 10.9 Å². The van der Waals surface area contributed by atoms with Crippen LogP contribution >= 0.6 is 0 Å². The molecule has 1 unspecified atom stereocenters. The first-order chi connectivity index (χ1) is 9.96. The molecular weight excluding hydrogens is 276 g/mol. The van der Waals surface area contributed by atoms with Crippen molar-refractivity contribution in [1.82, 2.24) is 0 Å². The third-order valence-corrected chi connectivity index (χ3v) is 2.86. The molecule has 21 heavy (non-hydrogen) atoms. The second kappa shape index (κ2) is 8.08. The van der Waals surface area contributed by atoms with Crippen LogP contribution < -0.4 is 10.1 Å². The Balaban J connectivity index is 2.95. The summed E-state index contributed by atoms with van der Waals surface area (Å²) in [6, 6.07) is 4.10. The minimum Gasteiger partial charge on any atom is -0.493 e. The van der Waals surface area contributed by atoms with Crippen molar-refractivity contribution in [3.63, 3.8) is 0 Å². The predicted molar refractivity (Wildman–Crippen MR) is 78.8 cm³/mol. The van der Waals surface area contributed by atoms with Crippen LogP contribution in [0.5, 0.6) is 5.75 Å². The van der Waals surface area contributed by atoms with Crippen LogP contribution in [0.25, 0.3) is 0 Å². The number of carboxylic acid groups (broad SMARTS) is 1. The highest BCUT2D eigenvalue weighted by Gasteiger charge is 2.15. The van der Waals surface area contributed by atoms with Crippen molar-refractivity contribution in [2.24, 2.45) is 0 Å². The molecule has 7 nitrogen and oxygen atoms in total. The maximum atomic E-state index is 10.9. The SMILES string of the molecule is CCCOc1cc(NC(CC)CC(=O)O)cc([N+](=O)[O-])c1. The number of non-ortho nitro benzene ring substituents is 1. The van der Waals surface area contributed by atoms with Gasteiger partial charge in [-0.05, 0) is 12.8 Å². The highest BCUT2D eigenvalue weighted by molar-refractivity contribution is 5.68. The van der Waals surface area contributed by atoms with Crippen molar-refractivity contribution in [1.29, 1.82) is 0 Å². The Labute approximate surface area is 123 Å². The third kappa shape index (κ3) is 5.68. The molecule has 1 rings (SSSR count). The van der Waals surface area contributed by atoms with Crippen molar-refractivity contribution in [3.05, 3.63) is 28.3 Å². The molecule has 0 fully saturated rings. The lowest BCUT2D eigenvalue weighted by Crippen LogP contribution is -2.22. The van der Waals surface area contributed by atoms with Crippen molar-refractivity contribution in [3.8, 4) is 5.75 Å². The molecule has 0 saturated heterocycles. The second-order valence-electron chi connectivity index (χ2n) is 4.67. The Bertz CT molecular complexity index is 504. The Morgan fingerprint density at radius 2 is 2.14 bits per heavy atom. The standard InChI is InChI=1S/C14H20N2O5/c1-3-5-21-13-7-11(6-12(9-13)16(19)20)15-10(4-2)8-14(17)18/h6-7,9-10,15H,3-5,8H2,1-2H3,(H,17,18). The van der Waals surface area contributed by atoms with E-state index in [1.807, 2.05) is 13.8 Å². The van der Waals surface area contributed by atoms with Crippen LogP contribution in [0.1, 0.15) is 33.1 Å². The van der Waals surface area contributed by atoms with E-state index >= 15 is 0 Å². The molecule has 7 heteroatoms. The van der Waals surface area contributed by atoms with E-state index in [4.69, 9.17) is 9.84 Å². The first-order valence-electron chi connectivity index (χ1n) is 6.86. The molecule has 0 saturated carbocycles. The van der Waals surface area contributed by atoms with Gasteiger partial charge in [0.1, 0.15) is 5.75 Å². The number of nitrogens with zero attached hydrogens (tertiary/aromatic N) is 1. The van der Waals surface area contributed by atoms with Gasteiger partial charge in [-0.3, -0.25) is 14.9 Å². The monoisotopic (exact) mass is 296 g/mol. The first-order valence-corrected chi connectivity index (χ1v) is 6.86. The lowest BCUT2D eigenvalue weighted by Gasteiger charge is -2.17. The molecule has 0 aliphatic heterocycles. The summed E-state index contributed by atoms with van der Waals surface area (Å²) in [5.41, 5.74) is 0.402. The van der Waals surface area contributed by atoms with Crippen molar-refractivity contribution >= 4 is 17.3 Å². The Hall–Kier alpha value is -2.31. The van der Waals surface area contributed by atoms with Crippen LogP contribution in [0.2, 0.25) is 0 Å². The Kier molecular flexibility index (Phi) is 6.45. The largest absolute Gasteiger partial charge is 0.493 e. The van der Waals surface area contributed by atoms with Gasteiger partial charge in [0, 0.05) is 23.9 Å². The molecule has 0 bridgehead atoms. The summed E-state index contributed by atoms with van der Waals surface area (Å²) in [7, 11) is 0. The zero-order chi connectivity index (χ0) is 15.8. The molecule has 1 aromatic rings. The molecule has 0 heterocycles. The first kappa shape index (κ1) is 16.7. The lowest BCUT2D eigenvalue weighted by molar-refractivity contribution is -0.384. The van der Waals surface area contributed by atoms with E-state index in [-0.39, 0.29) is 18.2 Å².